The Bertz CT molecular complexity index is 1140. The van der Waals surface area contributed by atoms with Crippen molar-refractivity contribution in [2.45, 2.75) is 85.5 Å². The quantitative estimate of drug-likeness (QED) is 0.125. The molecular weight excluding hydrogens is 535 g/mol. The molecule has 0 N–H and O–H groups in total. The minimum absolute atomic E-state index is 0.433. The zero-order chi connectivity index (χ0) is 30.0. The Morgan fingerprint density at radius 3 is 1.43 bits per heavy atom. The van der Waals surface area contributed by atoms with Crippen molar-refractivity contribution in [3.63, 3.8) is 0 Å². The average Bonchev–Trinajstić information content (AvgIpc) is 3.28. The second kappa shape index (κ2) is 16.2. The monoisotopic (exact) mass is 586 g/mol. The van der Waals surface area contributed by atoms with Gasteiger partial charge in [-0.15, -0.1) is 12.6 Å². The van der Waals surface area contributed by atoms with Crippen LogP contribution >= 0.6 is 0 Å². The van der Waals surface area contributed by atoms with Crippen LogP contribution in [0.1, 0.15) is 108 Å². The Kier molecular flexibility index (Phi) is 13.7. The van der Waals surface area contributed by atoms with Crippen LogP contribution in [-0.4, -0.2) is 41.2 Å². The minimum atomic E-state index is 0.433. The fourth-order valence-electron chi connectivity index (χ4n) is 4.74. The van der Waals surface area contributed by atoms with Crippen LogP contribution in [-0.2, 0) is 15.0 Å². The maximum absolute atomic E-state index is 5.72. The van der Waals surface area contributed by atoms with Gasteiger partial charge in [0.2, 0.25) is 0 Å². The van der Waals surface area contributed by atoms with Crippen LogP contribution in [0.25, 0.3) is 16.7 Å². The Hall–Kier alpha value is -2.36. The third-order valence-corrected chi connectivity index (χ3v) is 7.43. The van der Waals surface area contributed by atoms with Crippen LogP contribution in [0.4, 0.5) is 0 Å². The smallest absolute Gasteiger partial charge is 0.0138 e. The number of benzene rings is 2. The number of nitrogens with zero attached hydrogens (tertiary/aromatic N) is 4. The Morgan fingerprint density at radius 1 is 0.750 bits per heavy atom. The van der Waals surface area contributed by atoms with Gasteiger partial charge in [0.25, 0.3) is 0 Å². The molecule has 0 bridgehead atoms. The Morgan fingerprint density at radius 2 is 1.12 bits per heavy atom. The summed E-state index contributed by atoms with van der Waals surface area (Å²) in [5.41, 5.74) is 7.92. The van der Waals surface area contributed by atoms with Gasteiger partial charge in [0, 0.05) is 0 Å². The number of rotatable bonds is 11. The fraction of sp³-hybridized carbons (Fsp3) is 0.486. The molecule has 0 aliphatic rings. The van der Waals surface area contributed by atoms with E-state index in [9.17, 15) is 0 Å². The molecule has 0 radical (unpaired) electrons. The number of hydrogen-bond acceptors (Lipinski definition) is 1. The van der Waals surface area contributed by atoms with Crippen LogP contribution < -0.4 is 0 Å². The van der Waals surface area contributed by atoms with Gasteiger partial charge < -0.3 is 17.1 Å². The first-order valence-electron chi connectivity index (χ1n) is 14.7. The molecule has 0 amide bonds. The molecule has 4 nitrogen and oxygen atoms in total. The number of likely N-dealkylation sites (N-methyl/N-ethyl adjacent to an activating group) is 1. The first-order chi connectivity index (χ1) is 18.9. The van der Waals surface area contributed by atoms with Crippen molar-refractivity contribution in [3.8, 4) is 11.4 Å². The third-order valence-electron chi connectivity index (χ3n) is 6.95. The zero-order valence-corrected chi connectivity index (χ0v) is 27.5. The van der Waals surface area contributed by atoms with E-state index in [1.807, 2.05) is 26.4 Å². The van der Waals surface area contributed by atoms with Gasteiger partial charge in [0.1, 0.15) is 0 Å². The molecule has 0 fully saturated rings. The molecule has 3 rings (SSSR count). The topological polar surface area (TPSA) is 27.2 Å². The number of allylic oxidation sites excluding steroid dienone is 1. The summed E-state index contributed by atoms with van der Waals surface area (Å²) >= 11 is 5.72. The molecule has 0 atom stereocenters. The summed E-state index contributed by atoms with van der Waals surface area (Å²) in [7, 11) is 4.08. The fourth-order valence-corrected chi connectivity index (χ4v) is 5.11. The van der Waals surface area contributed by atoms with Gasteiger partial charge in [0.15, 0.2) is 0 Å². The molecule has 0 saturated carbocycles. The van der Waals surface area contributed by atoms with Crippen LogP contribution in [0.2, 0.25) is 0 Å². The van der Waals surface area contributed by atoms with E-state index in [0.717, 1.165) is 23.9 Å². The van der Waals surface area contributed by atoms with Gasteiger partial charge in [-0.1, -0.05) is 0 Å². The maximum atomic E-state index is 5.72. The zero-order valence-electron chi connectivity index (χ0n) is 26.5. The van der Waals surface area contributed by atoms with E-state index < -0.39 is 0 Å². The van der Waals surface area contributed by atoms with Crippen molar-refractivity contribution < 1.29 is 15.0 Å². The first-order valence-corrected chi connectivity index (χ1v) is 15.2. The number of aromatic nitrogens is 2. The summed E-state index contributed by atoms with van der Waals surface area (Å²) in [5, 5.41) is 4.14. The van der Waals surface area contributed by atoms with Crippen molar-refractivity contribution >= 4 is 0 Å². The van der Waals surface area contributed by atoms with Crippen molar-refractivity contribution in [3.05, 3.63) is 100.0 Å². The maximum Gasteiger partial charge on any atom is -0.0138 e. The standard InChI is InChI=1S/C27H36N2.C8H16N2.Ni/c1-18(2)22-11-9-12-23(19(3)4)26(22)28-15-16-29(17-28)27-24(20(5)6)13-10-14-25(27)21(7)8;1-4-5-6-9-7-8-10(2)3;/h9-16,18-21H,1-8H3;5-6H,1,4,7-8H2,2-3H3;/q;-2;/b;6-5-;. The molecule has 0 aliphatic heterocycles. The Labute approximate surface area is 252 Å². The summed E-state index contributed by atoms with van der Waals surface area (Å²) in [5.74, 6) is 1.73. The van der Waals surface area contributed by atoms with Crippen LogP contribution in [0, 0.1) is 11.3 Å². The first kappa shape index (κ1) is 33.8. The summed E-state index contributed by atoms with van der Waals surface area (Å²) in [6.45, 7) is 23.6. The van der Waals surface area contributed by atoms with Crippen molar-refractivity contribution in [1.29, 1.82) is 0 Å². The molecule has 40 heavy (non-hydrogen) atoms. The van der Waals surface area contributed by atoms with Gasteiger partial charge in [-0.3, -0.25) is 0 Å². The van der Waals surface area contributed by atoms with Crippen LogP contribution in [0.15, 0.2) is 61.1 Å². The molecule has 224 valence electrons. The molecule has 2 aromatic carbocycles. The van der Waals surface area contributed by atoms with Crippen molar-refractivity contribution in [2.75, 3.05) is 27.2 Å². The van der Waals surface area contributed by atoms with E-state index in [1.165, 1.54) is 33.6 Å². The van der Waals surface area contributed by atoms with E-state index in [-0.39, 0.29) is 0 Å². The molecule has 1 heterocycles. The second-order valence-electron chi connectivity index (χ2n) is 11.9. The van der Waals surface area contributed by atoms with E-state index in [1.54, 1.807) is 0 Å². The van der Waals surface area contributed by atoms with Crippen molar-refractivity contribution in [2.24, 2.45) is 0 Å². The molecular formula is C35H52N4Ni-2. The SMILES string of the molecule is CC(C)c1cccc(C(C)C)c1-n1ccn(-c2c(C(C)C)cccc2C(C)C)[c]1=[Ni].[CH2-]C/C=C\[N-]CCN(C)C. The predicted molar refractivity (Wildman–Crippen MR) is 171 cm³/mol. The molecule has 0 spiro atoms. The van der Waals surface area contributed by atoms with Crippen molar-refractivity contribution in [1.82, 2.24) is 14.0 Å². The summed E-state index contributed by atoms with van der Waals surface area (Å²) in [6.07, 6.45) is 8.93. The number of imidazole rings is 1. The predicted octanol–water partition coefficient (Wildman–Crippen LogP) is 9.50. The molecule has 0 unspecified atom stereocenters. The van der Waals surface area contributed by atoms with Gasteiger partial charge in [-0.2, -0.15) is 12.6 Å². The average molecular weight is 588 g/mol. The number of hydrogen-bond donors (Lipinski definition) is 0. The van der Waals surface area contributed by atoms with E-state index >= 15 is 0 Å². The molecule has 5 heteroatoms. The van der Waals surface area contributed by atoms with Crippen LogP contribution in [0.3, 0.4) is 0 Å². The molecule has 0 aliphatic carbocycles. The summed E-state index contributed by atoms with van der Waals surface area (Å²) in [6, 6.07) is 13.4. The second-order valence-corrected chi connectivity index (χ2v) is 12.3. The largest absolute Gasteiger partial charge is 0.690 e. The van der Waals surface area contributed by atoms with Gasteiger partial charge in [0.05, 0.1) is 0 Å². The third kappa shape index (κ3) is 8.82. The van der Waals surface area contributed by atoms with Gasteiger partial charge in [-0.25, -0.2) is 0 Å². The molecule has 0 saturated heterocycles. The minimum Gasteiger partial charge on any atom is -0.690 e. The van der Waals surface area contributed by atoms with Gasteiger partial charge >= 0.3 is 190 Å². The van der Waals surface area contributed by atoms with E-state index in [2.05, 4.69) is 130 Å². The molecule has 3 aromatic rings. The Balaban J connectivity index is 0.000000478. The summed E-state index contributed by atoms with van der Waals surface area (Å²) in [4.78, 5) is 2.11. The normalized spacial score (nSPS) is 11.8. The van der Waals surface area contributed by atoms with E-state index in [0.29, 0.717) is 23.7 Å². The van der Waals surface area contributed by atoms with E-state index in [4.69, 9.17) is 15.0 Å². The summed E-state index contributed by atoms with van der Waals surface area (Å²) < 4.78 is 5.36. The molecule has 1 aromatic heterocycles. The van der Waals surface area contributed by atoms with Gasteiger partial charge in [-0.05, 0) is 20.6 Å². The number of para-hydroxylation sites is 2. The van der Waals surface area contributed by atoms with Crippen LogP contribution in [0.5, 0.6) is 0 Å².